The van der Waals surface area contributed by atoms with Crippen LogP contribution >= 0.6 is 0 Å². The van der Waals surface area contributed by atoms with Crippen molar-refractivity contribution in [2.75, 3.05) is 6.61 Å². The van der Waals surface area contributed by atoms with Crippen LogP contribution < -0.4 is 10.1 Å². The predicted molar refractivity (Wildman–Crippen MR) is 122 cm³/mol. The molecule has 0 aromatic heterocycles. The van der Waals surface area contributed by atoms with Gasteiger partial charge in [-0.25, -0.2) is 4.79 Å². The number of aliphatic carboxylic acids is 1. The highest BCUT2D eigenvalue weighted by Crippen LogP contribution is 2.28. The number of carboxylic acids is 1. The molecule has 0 saturated heterocycles. The van der Waals surface area contributed by atoms with Crippen molar-refractivity contribution in [1.82, 2.24) is 5.32 Å². The monoisotopic (exact) mass is 448 g/mol. The third kappa shape index (κ3) is 6.90. The summed E-state index contributed by atoms with van der Waals surface area (Å²) in [5.74, 6) is -1.83. The molecule has 0 saturated carbocycles. The topological polar surface area (TPSA) is 119 Å². The summed E-state index contributed by atoms with van der Waals surface area (Å²) in [4.78, 5) is 35.1. The molecule has 8 nitrogen and oxygen atoms in total. The minimum atomic E-state index is -1.15. The number of nitro benzene ring substituents is 1. The van der Waals surface area contributed by atoms with Gasteiger partial charge in [0.15, 0.2) is 5.75 Å². The molecular weight excluding hydrogens is 424 g/mol. The molecule has 0 unspecified atom stereocenters. The third-order valence-corrected chi connectivity index (χ3v) is 5.08. The molecule has 0 radical (unpaired) electrons. The number of carbonyl (C=O) groups excluding carboxylic acids is 1. The number of aryl methyl sites for hydroxylation is 1. The van der Waals surface area contributed by atoms with Crippen LogP contribution in [0.5, 0.6) is 5.75 Å². The van der Waals surface area contributed by atoms with E-state index < -0.39 is 22.8 Å². The van der Waals surface area contributed by atoms with E-state index in [1.807, 2.05) is 60.7 Å². The Balaban J connectivity index is 1.68. The fraction of sp³-hybridized carbons (Fsp3) is 0.200. The predicted octanol–water partition coefficient (Wildman–Crippen LogP) is 4.03. The molecular formula is C25H24N2O6. The van der Waals surface area contributed by atoms with Gasteiger partial charge in [-0.15, -0.1) is 0 Å². The highest BCUT2D eigenvalue weighted by molar-refractivity contribution is 5.97. The lowest BCUT2D eigenvalue weighted by molar-refractivity contribution is -0.385. The van der Waals surface area contributed by atoms with Gasteiger partial charge in [-0.05, 0) is 30.0 Å². The maximum Gasteiger partial charge on any atom is 0.326 e. The average Bonchev–Trinajstić information content (AvgIpc) is 2.82. The first-order valence-corrected chi connectivity index (χ1v) is 10.5. The molecule has 0 bridgehead atoms. The van der Waals surface area contributed by atoms with Gasteiger partial charge in [-0.2, -0.15) is 0 Å². The SMILES string of the molecule is O=C(N[C@@H](CCc1ccccc1)C(=O)O)c1ccc([N+](=O)[O-])c(OCCc2ccccc2)c1. The number of carboxylic acid groups (broad SMARTS) is 1. The summed E-state index contributed by atoms with van der Waals surface area (Å²) in [7, 11) is 0. The number of nitrogens with one attached hydrogen (secondary N) is 1. The summed E-state index contributed by atoms with van der Waals surface area (Å²) in [5.41, 5.74) is 1.79. The second-order valence-electron chi connectivity index (χ2n) is 7.41. The van der Waals surface area contributed by atoms with E-state index >= 15 is 0 Å². The molecule has 0 aliphatic heterocycles. The van der Waals surface area contributed by atoms with Crippen molar-refractivity contribution in [2.24, 2.45) is 0 Å². The highest BCUT2D eigenvalue weighted by Gasteiger charge is 2.23. The Kier molecular flexibility index (Phi) is 8.13. The highest BCUT2D eigenvalue weighted by atomic mass is 16.6. The Labute approximate surface area is 191 Å². The van der Waals surface area contributed by atoms with Crippen LogP contribution in [-0.4, -0.2) is 34.6 Å². The van der Waals surface area contributed by atoms with Crippen molar-refractivity contribution in [2.45, 2.75) is 25.3 Å². The van der Waals surface area contributed by atoms with Crippen molar-refractivity contribution >= 4 is 17.6 Å². The number of hydrogen-bond acceptors (Lipinski definition) is 5. The zero-order valence-corrected chi connectivity index (χ0v) is 17.8. The number of nitrogens with zero attached hydrogens (tertiary/aromatic N) is 1. The van der Waals surface area contributed by atoms with Gasteiger partial charge < -0.3 is 15.2 Å². The molecule has 0 heterocycles. The van der Waals surface area contributed by atoms with Gasteiger partial charge in [0.2, 0.25) is 0 Å². The maximum absolute atomic E-state index is 12.7. The molecule has 1 amide bonds. The van der Waals surface area contributed by atoms with Crippen molar-refractivity contribution in [3.05, 3.63) is 106 Å². The molecule has 3 aromatic rings. The molecule has 8 heteroatoms. The molecule has 3 aromatic carbocycles. The van der Waals surface area contributed by atoms with Crippen LogP contribution in [-0.2, 0) is 17.6 Å². The smallest absolute Gasteiger partial charge is 0.326 e. The average molecular weight is 448 g/mol. The van der Waals surface area contributed by atoms with Crippen LogP contribution in [0.2, 0.25) is 0 Å². The molecule has 3 rings (SSSR count). The van der Waals surface area contributed by atoms with E-state index in [9.17, 15) is 24.8 Å². The van der Waals surface area contributed by atoms with E-state index in [1.165, 1.54) is 18.2 Å². The molecule has 33 heavy (non-hydrogen) atoms. The number of amides is 1. The number of hydrogen-bond donors (Lipinski definition) is 2. The number of nitro groups is 1. The van der Waals surface area contributed by atoms with Crippen molar-refractivity contribution in [1.29, 1.82) is 0 Å². The van der Waals surface area contributed by atoms with E-state index in [4.69, 9.17) is 4.74 Å². The van der Waals surface area contributed by atoms with E-state index in [1.54, 1.807) is 0 Å². The summed E-state index contributed by atoms with van der Waals surface area (Å²) < 4.78 is 5.61. The number of carbonyl (C=O) groups is 2. The summed E-state index contributed by atoms with van der Waals surface area (Å²) in [6.07, 6.45) is 1.22. The van der Waals surface area contributed by atoms with E-state index in [-0.39, 0.29) is 30.0 Å². The molecule has 0 spiro atoms. The summed E-state index contributed by atoms with van der Waals surface area (Å²) in [5, 5.41) is 23.4. The zero-order chi connectivity index (χ0) is 23.6. The van der Waals surface area contributed by atoms with Crippen molar-refractivity contribution in [3.8, 4) is 5.75 Å². The lowest BCUT2D eigenvalue weighted by atomic mass is 10.0. The van der Waals surface area contributed by atoms with Crippen LogP contribution in [0.25, 0.3) is 0 Å². The molecule has 0 fully saturated rings. The molecule has 1 atom stereocenters. The number of rotatable bonds is 11. The largest absolute Gasteiger partial charge is 0.486 e. The normalized spacial score (nSPS) is 11.4. The van der Waals surface area contributed by atoms with E-state index in [0.29, 0.717) is 12.8 Å². The Morgan fingerprint density at radius 2 is 1.55 bits per heavy atom. The van der Waals surface area contributed by atoms with E-state index in [2.05, 4.69) is 5.32 Å². The third-order valence-electron chi connectivity index (χ3n) is 5.08. The second-order valence-corrected chi connectivity index (χ2v) is 7.41. The Morgan fingerprint density at radius 1 is 0.939 bits per heavy atom. The van der Waals surface area contributed by atoms with Crippen LogP contribution in [0.3, 0.4) is 0 Å². The van der Waals surface area contributed by atoms with Crippen LogP contribution in [0.1, 0.15) is 27.9 Å². The summed E-state index contributed by atoms with van der Waals surface area (Å²) in [6, 6.07) is 21.5. The van der Waals surface area contributed by atoms with Crippen molar-refractivity contribution in [3.63, 3.8) is 0 Å². The molecule has 0 aliphatic carbocycles. The standard InChI is InChI=1S/C25H24N2O6/c28-24(26-21(25(29)30)13-11-18-7-3-1-4-8-18)20-12-14-22(27(31)32)23(17-20)33-16-15-19-9-5-2-6-10-19/h1-10,12,14,17,21H,11,13,15-16H2,(H,26,28)(H,29,30)/t21-/m0/s1. The van der Waals surface area contributed by atoms with Crippen molar-refractivity contribution < 1.29 is 24.4 Å². The van der Waals surface area contributed by atoms with E-state index in [0.717, 1.165) is 11.1 Å². The molecule has 2 N–H and O–H groups in total. The zero-order valence-electron chi connectivity index (χ0n) is 17.8. The quantitative estimate of drug-likeness (QED) is 0.338. The molecule has 170 valence electrons. The summed E-state index contributed by atoms with van der Waals surface area (Å²) in [6.45, 7) is 0.185. The first kappa shape index (κ1) is 23.5. The maximum atomic E-state index is 12.7. The first-order chi connectivity index (χ1) is 15.9. The van der Waals surface area contributed by atoms with Gasteiger partial charge in [-0.1, -0.05) is 60.7 Å². The lowest BCUT2D eigenvalue weighted by Gasteiger charge is -2.15. The Bertz CT molecular complexity index is 1100. The minimum Gasteiger partial charge on any atom is -0.486 e. The number of benzene rings is 3. The van der Waals surface area contributed by atoms with Gasteiger partial charge >= 0.3 is 11.7 Å². The van der Waals surface area contributed by atoms with Crippen LogP contribution in [0.15, 0.2) is 78.9 Å². The fourth-order valence-electron chi connectivity index (χ4n) is 3.30. The Hall–Kier alpha value is -4.20. The number of ether oxygens (including phenoxy) is 1. The lowest BCUT2D eigenvalue weighted by Crippen LogP contribution is -2.41. The van der Waals surface area contributed by atoms with Gasteiger partial charge in [0.1, 0.15) is 6.04 Å². The second kappa shape index (κ2) is 11.4. The first-order valence-electron chi connectivity index (χ1n) is 10.5. The van der Waals surface area contributed by atoms with Gasteiger partial charge in [0.25, 0.3) is 5.91 Å². The van der Waals surface area contributed by atoms with Crippen LogP contribution in [0.4, 0.5) is 5.69 Å². The fourth-order valence-corrected chi connectivity index (χ4v) is 3.30. The minimum absolute atomic E-state index is 0.0419. The van der Waals surface area contributed by atoms with Gasteiger partial charge in [0, 0.05) is 24.1 Å². The summed E-state index contributed by atoms with van der Waals surface area (Å²) >= 11 is 0. The van der Waals surface area contributed by atoms with Crippen LogP contribution in [0, 0.1) is 10.1 Å². The molecule has 0 aliphatic rings. The Morgan fingerprint density at radius 3 is 2.12 bits per heavy atom. The van der Waals surface area contributed by atoms with Gasteiger partial charge in [0.05, 0.1) is 11.5 Å². The van der Waals surface area contributed by atoms with Gasteiger partial charge in [-0.3, -0.25) is 14.9 Å².